The van der Waals surface area contributed by atoms with E-state index in [0.29, 0.717) is 0 Å². The summed E-state index contributed by atoms with van der Waals surface area (Å²) in [6.07, 6.45) is -29.0. The fourth-order valence-corrected chi connectivity index (χ4v) is 7.61. The average Bonchev–Trinajstić information content (AvgIpc) is 3.16. The van der Waals surface area contributed by atoms with Crippen molar-refractivity contribution in [3.63, 3.8) is 0 Å². The van der Waals surface area contributed by atoms with Crippen LogP contribution in [-0.4, -0.2) is 232 Å². The molecular weight excluding hydrogens is 856 g/mol. The minimum Gasteiger partial charge on any atom is -0.726 e. The van der Waals surface area contributed by atoms with E-state index in [-0.39, 0.29) is 0 Å². The molecule has 0 radical (unpaired) electrons. The Bertz CT molecular complexity index is 1620. The highest BCUT2D eigenvalue weighted by Gasteiger charge is 2.56. The molecule has 4 aliphatic heterocycles. The first kappa shape index (κ1) is 50.8. The molecule has 4 amide bonds. The zero-order chi connectivity index (χ0) is 45.7. The molecule has 0 aliphatic carbocycles. The number of carbonyl (C=O) groups is 4. The maximum absolute atomic E-state index is 12.4. The highest BCUT2D eigenvalue weighted by Crippen LogP contribution is 2.34. The van der Waals surface area contributed by atoms with Crippen molar-refractivity contribution in [1.29, 1.82) is 0 Å². The summed E-state index contributed by atoms with van der Waals surface area (Å²) in [5.74, 6) is -3.12. The number of ether oxygens (including phenoxy) is 7. The van der Waals surface area contributed by atoms with E-state index in [0.717, 1.165) is 27.7 Å². The van der Waals surface area contributed by atoms with Gasteiger partial charge in [0.05, 0.1) is 26.4 Å². The van der Waals surface area contributed by atoms with E-state index >= 15 is 0 Å². The Labute approximate surface area is 347 Å². The van der Waals surface area contributed by atoms with Crippen LogP contribution < -0.4 is 21.3 Å². The first-order valence-electron chi connectivity index (χ1n) is 18.7. The number of amides is 4. The summed E-state index contributed by atoms with van der Waals surface area (Å²) in [5.41, 5.74) is 0. The third kappa shape index (κ3) is 12.6. The van der Waals surface area contributed by atoms with Gasteiger partial charge in [0.25, 0.3) is 0 Å². The molecule has 0 spiro atoms. The predicted molar refractivity (Wildman–Crippen MR) is 189 cm³/mol. The van der Waals surface area contributed by atoms with Gasteiger partial charge in [0.1, 0.15) is 97.4 Å². The maximum Gasteiger partial charge on any atom is 0.217 e. The molecule has 4 saturated heterocycles. The Balaban J connectivity index is 1.63. The summed E-state index contributed by atoms with van der Waals surface area (Å²) in [6, 6.07) is -6.59. The van der Waals surface area contributed by atoms with Crippen molar-refractivity contribution in [2.24, 2.45) is 0 Å². The molecule has 352 valence electrons. The van der Waals surface area contributed by atoms with Gasteiger partial charge in [0.2, 0.25) is 34.0 Å². The summed E-state index contributed by atoms with van der Waals surface area (Å²) in [6.45, 7) is 0.154. The molecule has 0 aromatic rings. The van der Waals surface area contributed by atoms with Crippen LogP contribution >= 0.6 is 0 Å². The zero-order valence-electron chi connectivity index (χ0n) is 32.9. The molecule has 20 atom stereocenters. The van der Waals surface area contributed by atoms with Crippen LogP contribution in [0.4, 0.5) is 0 Å². The first-order chi connectivity index (χ1) is 28.5. The van der Waals surface area contributed by atoms with E-state index in [1.54, 1.807) is 0 Å². The Morgan fingerprint density at radius 1 is 0.508 bits per heavy atom. The standard InChI is InChI=1S/C32H54N4O24S/c1-9(40)33-17-23(46)28(16(54-29(17)49)8-53-61(50,51)52)60-32-20(36-12(4)43)25(48)27(15(7-39)57-32)59-31-19(35-11(3)42)24(47)26(14(6-38)56-31)58-30-18(34-10(2)41)22(45)21(44)13(5-37)55-30/h13-32,37-39,44-49H,5-8H2,1-4H3,(H,33,40)(H,34,41)(H,35,42)(H,36,43)(H,50,51,52)/p-1/t13-,14-,15-,16-,17-,18+,19-,20+,21-,22?,23?,24?,25?,26-,27-,28-,29-,30+,31+,32+/m1/s1. The molecule has 29 heteroatoms. The SMILES string of the molecule is CC(=O)N[C@@H]1C(O)[C@H](O[C@@H]2O[C@H](CO)[C@@H](O)C(O)[C@@H]2NC(C)=O)[C@@H](CO)O[C@H]1O[C@H]1C(O)[C@H](NC(C)=O)[C@H](O[C@H]2C(O)[C@@H](NC(C)=O)[C@H](O)O[C@@H]2COS(=O)(=O)[O-])O[C@@H]1CO. The second-order valence-corrected chi connectivity index (χ2v) is 15.6. The molecule has 4 unspecified atom stereocenters. The number of hydrogen-bond donors (Lipinski definition) is 13. The molecule has 4 rings (SSSR count). The molecule has 4 aliphatic rings. The van der Waals surface area contributed by atoms with Gasteiger partial charge in [-0.05, 0) is 0 Å². The molecule has 0 bridgehead atoms. The first-order valence-corrected chi connectivity index (χ1v) is 20.0. The van der Waals surface area contributed by atoms with Gasteiger partial charge in [0.15, 0.2) is 25.2 Å². The van der Waals surface area contributed by atoms with E-state index in [2.05, 4.69) is 25.5 Å². The summed E-state index contributed by atoms with van der Waals surface area (Å²) in [4.78, 5) is 48.7. The van der Waals surface area contributed by atoms with E-state index in [1.165, 1.54) is 0 Å². The molecule has 4 fully saturated rings. The number of carbonyl (C=O) groups excluding carboxylic acids is 4. The Morgan fingerprint density at radius 2 is 0.836 bits per heavy atom. The number of hydrogen-bond acceptors (Lipinski definition) is 24. The third-order valence-corrected chi connectivity index (χ3v) is 10.4. The molecule has 0 saturated carbocycles. The van der Waals surface area contributed by atoms with Crippen molar-refractivity contribution in [1.82, 2.24) is 21.3 Å². The fourth-order valence-electron chi connectivity index (χ4n) is 7.31. The lowest BCUT2D eigenvalue weighted by Gasteiger charge is -2.51. The molecular formula is C32H53N4O24S-. The van der Waals surface area contributed by atoms with Crippen LogP contribution in [0.2, 0.25) is 0 Å². The topological polar surface area (TPSA) is 430 Å². The van der Waals surface area contributed by atoms with E-state index in [1.807, 2.05) is 0 Å². The van der Waals surface area contributed by atoms with Gasteiger partial charge < -0.3 is 105 Å². The largest absolute Gasteiger partial charge is 0.726 e. The van der Waals surface area contributed by atoms with Gasteiger partial charge in [-0.1, -0.05) is 0 Å². The maximum atomic E-state index is 12.4. The molecule has 0 aromatic heterocycles. The van der Waals surface area contributed by atoms with Gasteiger partial charge in [-0.25, -0.2) is 8.42 Å². The van der Waals surface area contributed by atoms with Crippen LogP contribution in [0.3, 0.4) is 0 Å². The molecule has 0 aromatic carbocycles. The molecule has 28 nitrogen and oxygen atoms in total. The predicted octanol–water partition coefficient (Wildman–Crippen LogP) is -9.69. The van der Waals surface area contributed by atoms with Crippen LogP contribution in [0.5, 0.6) is 0 Å². The quantitative estimate of drug-likeness (QED) is 0.0505. The third-order valence-electron chi connectivity index (χ3n) is 10.0. The van der Waals surface area contributed by atoms with Crippen molar-refractivity contribution < 1.29 is 115 Å². The second-order valence-electron chi connectivity index (χ2n) is 14.6. The smallest absolute Gasteiger partial charge is 0.217 e. The number of aliphatic hydroxyl groups is 9. The van der Waals surface area contributed by atoms with Crippen LogP contribution in [0.1, 0.15) is 27.7 Å². The van der Waals surface area contributed by atoms with Gasteiger partial charge in [-0.3, -0.25) is 23.4 Å². The Morgan fingerprint density at radius 3 is 1.20 bits per heavy atom. The molecule has 13 N–H and O–H groups in total. The lowest BCUT2D eigenvalue weighted by Crippen LogP contribution is -2.71. The van der Waals surface area contributed by atoms with Crippen molar-refractivity contribution >= 4 is 34.0 Å². The minimum absolute atomic E-state index is 0.712. The highest BCUT2D eigenvalue weighted by molar-refractivity contribution is 7.80. The number of rotatable bonds is 16. The minimum atomic E-state index is -5.39. The van der Waals surface area contributed by atoms with Crippen molar-refractivity contribution in [2.75, 3.05) is 26.4 Å². The zero-order valence-corrected chi connectivity index (χ0v) is 33.7. The van der Waals surface area contributed by atoms with Crippen molar-refractivity contribution in [2.45, 2.75) is 150 Å². The lowest BCUT2D eigenvalue weighted by molar-refractivity contribution is -0.361. The molecule has 4 heterocycles. The van der Waals surface area contributed by atoms with E-state index < -0.39 is 183 Å². The van der Waals surface area contributed by atoms with Gasteiger partial charge in [0, 0.05) is 27.7 Å². The van der Waals surface area contributed by atoms with E-state index in [4.69, 9.17) is 33.2 Å². The number of nitrogens with one attached hydrogen (secondary N) is 4. The van der Waals surface area contributed by atoms with E-state index in [9.17, 15) is 78.1 Å². The van der Waals surface area contributed by atoms with Crippen LogP contribution in [0.15, 0.2) is 0 Å². The van der Waals surface area contributed by atoms with Crippen molar-refractivity contribution in [3.05, 3.63) is 0 Å². The summed E-state index contributed by atoms with van der Waals surface area (Å²) < 4.78 is 78.4. The van der Waals surface area contributed by atoms with Crippen LogP contribution in [0, 0.1) is 0 Å². The Kier molecular flexibility index (Phi) is 18.0. The average molecular weight is 910 g/mol. The van der Waals surface area contributed by atoms with Crippen LogP contribution in [-0.2, 0) is 66.9 Å². The van der Waals surface area contributed by atoms with Crippen LogP contribution in [0.25, 0.3) is 0 Å². The van der Waals surface area contributed by atoms with Gasteiger partial charge in [-0.2, -0.15) is 0 Å². The van der Waals surface area contributed by atoms with Crippen molar-refractivity contribution in [3.8, 4) is 0 Å². The van der Waals surface area contributed by atoms with Gasteiger partial charge in [-0.15, -0.1) is 0 Å². The lowest BCUT2D eigenvalue weighted by atomic mass is 9.93. The monoisotopic (exact) mass is 909 g/mol. The number of aliphatic hydroxyl groups excluding tert-OH is 9. The fraction of sp³-hybridized carbons (Fsp3) is 0.875. The van der Waals surface area contributed by atoms with Gasteiger partial charge >= 0.3 is 0 Å². The molecule has 61 heavy (non-hydrogen) atoms. The summed E-state index contributed by atoms with van der Waals surface area (Å²) in [5, 5.41) is 106. The normalized spacial score (nSPS) is 41.9. The summed E-state index contributed by atoms with van der Waals surface area (Å²) in [7, 11) is -5.39. The highest BCUT2D eigenvalue weighted by atomic mass is 32.3. The second kappa shape index (κ2) is 21.7. The Hall–Kier alpha value is -2.89. The summed E-state index contributed by atoms with van der Waals surface area (Å²) >= 11 is 0.